The number of carboxylic acid groups (broad SMARTS) is 1. The zero-order valence-corrected chi connectivity index (χ0v) is 13.8. The predicted molar refractivity (Wildman–Crippen MR) is 92.3 cm³/mol. The van der Waals surface area contributed by atoms with E-state index in [0.29, 0.717) is 6.04 Å². The summed E-state index contributed by atoms with van der Waals surface area (Å²) in [7, 11) is 0. The lowest BCUT2D eigenvalue weighted by molar-refractivity contribution is -0.131. The first-order valence-corrected chi connectivity index (χ1v) is 7.75. The molecule has 0 amide bonds. The van der Waals surface area contributed by atoms with Gasteiger partial charge >= 0.3 is 5.97 Å². The maximum atomic E-state index is 11.5. The molecular weight excluding hydrogens is 304 g/mol. The molecule has 0 atom stereocenters. The van der Waals surface area contributed by atoms with Gasteiger partial charge in [0.1, 0.15) is 0 Å². The van der Waals surface area contributed by atoms with Crippen LogP contribution in [-0.2, 0) is 4.79 Å². The van der Waals surface area contributed by atoms with E-state index in [0.717, 1.165) is 27.7 Å². The maximum absolute atomic E-state index is 11.5. The minimum atomic E-state index is -1.44. The lowest BCUT2D eigenvalue weighted by Gasteiger charge is -2.07. The quantitative estimate of drug-likeness (QED) is 0.585. The van der Waals surface area contributed by atoms with E-state index in [-0.39, 0.29) is 5.56 Å². The molecule has 0 aliphatic carbocycles. The van der Waals surface area contributed by atoms with Crippen LogP contribution in [0.5, 0.6) is 0 Å². The van der Waals surface area contributed by atoms with Crippen molar-refractivity contribution in [2.45, 2.75) is 26.8 Å². The fraction of sp³-hybridized carbons (Fsp3) is 0.211. The smallest absolute Gasteiger partial charge is 0.377 e. The van der Waals surface area contributed by atoms with Gasteiger partial charge in [0.05, 0.1) is 5.52 Å². The second-order valence-electron chi connectivity index (χ2n) is 6.07. The molecule has 0 radical (unpaired) electrons. The number of aliphatic carboxylic acids is 1. The summed E-state index contributed by atoms with van der Waals surface area (Å²) in [6, 6.07) is 12.9. The molecule has 0 spiro atoms. The van der Waals surface area contributed by atoms with E-state index in [2.05, 4.69) is 25.0 Å². The van der Waals surface area contributed by atoms with Crippen molar-refractivity contribution in [3.8, 4) is 11.1 Å². The molecule has 0 unspecified atom stereocenters. The molecule has 3 aromatic rings. The highest BCUT2D eigenvalue weighted by Gasteiger charge is 2.15. The van der Waals surface area contributed by atoms with Crippen molar-refractivity contribution in [1.82, 2.24) is 9.78 Å². The fourth-order valence-corrected chi connectivity index (χ4v) is 2.85. The number of benzene rings is 2. The molecule has 1 N–H and O–H groups in total. The van der Waals surface area contributed by atoms with E-state index < -0.39 is 11.8 Å². The number of Topliss-reactive ketones (excluding diaryl/α,β-unsaturated/α-hetero) is 1. The zero-order chi connectivity index (χ0) is 17.4. The van der Waals surface area contributed by atoms with Crippen molar-refractivity contribution in [2.75, 3.05) is 0 Å². The Labute approximate surface area is 139 Å². The van der Waals surface area contributed by atoms with Gasteiger partial charge in [-0.3, -0.25) is 9.48 Å². The Morgan fingerprint density at radius 1 is 1.04 bits per heavy atom. The molecule has 0 aliphatic rings. The largest absolute Gasteiger partial charge is 0.475 e. The average molecular weight is 322 g/mol. The third-order valence-corrected chi connectivity index (χ3v) is 4.11. The first-order valence-electron chi connectivity index (χ1n) is 7.75. The van der Waals surface area contributed by atoms with Crippen molar-refractivity contribution < 1.29 is 14.7 Å². The monoisotopic (exact) mass is 322 g/mol. The van der Waals surface area contributed by atoms with Gasteiger partial charge in [0.15, 0.2) is 0 Å². The molecule has 1 heterocycles. The minimum absolute atomic E-state index is 0.177. The van der Waals surface area contributed by atoms with E-state index in [4.69, 9.17) is 5.11 Å². The van der Waals surface area contributed by atoms with E-state index in [1.165, 1.54) is 0 Å². The highest BCUT2D eigenvalue weighted by Crippen LogP contribution is 2.27. The number of nitrogens with zero attached hydrogens (tertiary/aromatic N) is 2. The minimum Gasteiger partial charge on any atom is -0.475 e. The number of carbonyl (C=O) groups excluding carboxylic acids is 1. The lowest BCUT2D eigenvalue weighted by atomic mass is 10.0. The first kappa shape index (κ1) is 15.9. The van der Waals surface area contributed by atoms with Crippen molar-refractivity contribution in [1.29, 1.82) is 0 Å². The van der Waals surface area contributed by atoms with Crippen LogP contribution in [0.15, 0.2) is 42.5 Å². The van der Waals surface area contributed by atoms with Gasteiger partial charge < -0.3 is 5.11 Å². The lowest BCUT2D eigenvalue weighted by Crippen LogP contribution is -2.12. The van der Waals surface area contributed by atoms with Gasteiger partial charge in [0, 0.05) is 22.7 Å². The summed E-state index contributed by atoms with van der Waals surface area (Å²) < 4.78 is 2.00. The molecule has 24 heavy (non-hydrogen) atoms. The number of rotatable bonds is 4. The number of aromatic nitrogens is 2. The number of hydrogen-bond donors (Lipinski definition) is 1. The van der Waals surface area contributed by atoms with Gasteiger partial charge in [0.2, 0.25) is 0 Å². The Hall–Kier alpha value is -2.95. The van der Waals surface area contributed by atoms with Crippen LogP contribution in [-0.4, -0.2) is 26.6 Å². The molecule has 0 saturated heterocycles. The molecular formula is C19H18N2O3. The number of ketones is 1. The summed E-state index contributed by atoms with van der Waals surface area (Å²) in [6.07, 6.45) is 0. The highest BCUT2D eigenvalue weighted by atomic mass is 16.4. The van der Waals surface area contributed by atoms with E-state index in [9.17, 15) is 9.59 Å². The van der Waals surface area contributed by atoms with Gasteiger partial charge in [-0.15, -0.1) is 0 Å². The predicted octanol–water partition coefficient (Wildman–Crippen LogP) is 3.86. The van der Waals surface area contributed by atoms with Crippen LogP contribution in [0.4, 0.5) is 0 Å². The van der Waals surface area contributed by atoms with Crippen molar-refractivity contribution in [2.24, 2.45) is 0 Å². The molecule has 3 rings (SSSR count). The molecule has 2 aromatic carbocycles. The number of hydrogen-bond acceptors (Lipinski definition) is 3. The summed E-state index contributed by atoms with van der Waals surface area (Å²) in [6.45, 7) is 6.24. The number of carboxylic acids is 1. The third kappa shape index (κ3) is 2.69. The zero-order valence-electron chi connectivity index (χ0n) is 13.8. The molecule has 0 bridgehead atoms. The summed E-state index contributed by atoms with van der Waals surface area (Å²) in [5.41, 5.74) is 4.16. The summed E-state index contributed by atoms with van der Waals surface area (Å²) in [5.74, 6) is -2.34. The Bertz CT molecular complexity index is 937. The highest BCUT2D eigenvalue weighted by molar-refractivity contribution is 6.39. The number of carbonyl (C=O) groups is 2. The molecule has 5 heteroatoms. The molecule has 0 fully saturated rings. The normalized spacial score (nSPS) is 11.2. The number of aryl methyl sites for hydroxylation is 1. The Kier molecular flexibility index (Phi) is 3.93. The van der Waals surface area contributed by atoms with E-state index in [1.807, 2.05) is 23.7 Å². The Morgan fingerprint density at radius 2 is 1.67 bits per heavy atom. The third-order valence-electron chi connectivity index (χ3n) is 4.11. The van der Waals surface area contributed by atoms with Crippen molar-refractivity contribution in [3.63, 3.8) is 0 Å². The summed E-state index contributed by atoms with van der Waals surface area (Å²) >= 11 is 0. The molecule has 122 valence electrons. The van der Waals surface area contributed by atoms with E-state index >= 15 is 0 Å². The molecule has 1 aromatic heterocycles. The summed E-state index contributed by atoms with van der Waals surface area (Å²) in [4.78, 5) is 22.2. The van der Waals surface area contributed by atoms with Crippen LogP contribution in [0.2, 0.25) is 0 Å². The van der Waals surface area contributed by atoms with Crippen LogP contribution in [0.1, 0.15) is 35.9 Å². The van der Waals surface area contributed by atoms with Gasteiger partial charge in [-0.05, 0) is 44.0 Å². The second-order valence-corrected chi connectivity index (χ2v) is 6.07. The van der Waals surface area contributed by atoms with Crippen LogP contribution < -0.4 is 0 Å². The SMILES string of the molecule is Cc1c2cc(-c3ccc(C(=O)C(=O)O)cc3)ccc2nn1C(C)C. The number of fused-ring (bicyclic) bond motifs is 1. The average Bonchev–Trinajstić information content (AvgIpc) is 2.91. The van der Waals surface area contributed by atoms with Crippen LogP contribution >= 0.6 is 0 Å². The Morgan fingerprint density at radius 3 is 2.25 bits per heavy atom. The van der Waals surface area contributed by atoms with Crippen molar-refractivity contribution >= 4 is 22.7 Å². The topological polar surface area (TPSA) is 72.2 Å². The van der Waals surface area contributed by atoms with Gasteiger partial charge in [-0.2, -0.15) is 5.10 Å². The molecule has 0 aliphatic heterocycles. The molecule has 0 saturated carbocycles. The maximum Gasteiger partial charge on any atom is 0.377 e. The Balaban J connectivity index is 2.02. The standard InChI is InChI=1S/C19H18N2O3/c1-11(2)21-12(3)16-10-15(8-9-17(16)20-21)13-4-6-14(7-5-13)18(22)19(23)24/h4-11H,1-3H3,(H,23,24). The summed E-state index contributed by atoms with van der Waals surface area (Å²) in [5, 5.41) is 14.5. The fourth-order valence-electron chi connectivity index (χ4n) is 2.85. The van der Waals surface area contributed by atoms with Crippen molar-refractivity contribution in [3.05, 3.63) is 53.7 Å². The van der Waals surface area contributed by atoms with Crippen LogP contribution in [0, 0.1) is 6.92 Å². The molecule has 5 nitrogen and oxygen atoms in total. The second kappa shape index (κ2) is 5.92. The first-order chi connectivity index (χ1) is 11.4. The van der Waals surface area contributed by atoms with Gasteiger partial charge in [-0.1, -0.05) is 30.3 Å². The van der Waals surface area contributed by atoms with Gasteiger partial charge in [-0.25, -0.2) is 4.79 Å². The van der Waals surface area contributed by atoms with E-state index in [1.54, 1.807) is 24.3 Å². The van der Waals surface area contributed by atoms with Crippen LogP contribution in [0.3, 0.4) is 0 Å². The van der Waals surface area contributed by atoms with Gasteiger partial charge in [0.25, 0.3) is 5.78 Å². The van der Waals surface area contributed by atoms with Crippen LogP contribution in [0.25, 0.3) is 22.0 Å².